The molecule has 6 nitrogen and oxygen atoms in total. The maximum Gasteiger partial charge on any atom is 0.225 e. The minimum Gasteiger partial charge on any atom is -0.309 e. The summed E-state index contributed by atoms with van der Waals surface area (Å²) in [6.45, 7) is 6.04. The van der Waals surface area contributed by atoms with Gasteiger partial charge in [-0.2, -0.15) is 5.10 Å². The SMILES string of the molecule is CC(C)CC(=O)Nc1n[nH]c2cc(CC(=O)C[C@H](C)c3ccccc3)ncc12. The molecule has 0 radical (unpaired) electrons. The number of benzene rings is 1. The molecule has 2 heterocycles. The number of ketones is 1. The molecule has 0 spiro atoms. The molecule has 0 aliphatic rings. The molecular weight excluding hydrogens is 352 g/mol. The van der Waals surface area contributed by atoms with Crippen molar-refractivity contribution in [2.75, 3.05) is 5.32 Å². The summed E-state index contributed by atoms with van der Waals surface area (Å²) in [5.41, 5.74) is 2.62. The summed E-state index contributed by atoms with van der Waals surface area (Å²) >= 11 is 0. The highest BCUT2D eigenvalue weighted by atomic mass is 16.1. The number of rotatable bonds is 8. The van der Waals surface area contributed by atoms with Gasteiger partial charge in [0.05, 0.1) is 10.9 Å². The number of H-pyrrole nitrogens is 1. The fourth-order valence-electron chi connectivity index (χ4n) is 3.22. The van der Waals surface area contributed by atoms with E-state index in [-0.39, 0.29) is 29.9 Å². The summed E-state index contributed by atoms with van der Waals surface area (Å²) in [6, 6.07) is 11.9. The van der Waals surface area contributed by atoms with E-state index in [9.17, 15) is 9.59 Å². The van der Waals surface area contributed by atoms with Crippen LogP contribution >= 0.6 is 0 Å². The largest absolute Gasteiger partial charge is 0.309 e. The molecule has 0 bridgehead atoms. The maximum absolute atomic E-state index is 12.5. The van der Waals surface area contributed by atoms with Gasteiger partial charge in [0.1, 0.15) is 5.78 Å². The molecule has 0 aliphatic carbocycles. The van der Waals surface area contributed by atoms with Crippen molar-refractivity contribution in [2.24, 2.45) is 5.92 Å². The first kappa shape index (κ1) is 19.7. The Kier molecular flexibility index (Phi) is 6.19. The topological polar surface area (TPSA) is 87.7 Å². The third-order valence-electron chi connectivity index (χ3n) is 4.64. The number of anilines is 1. The predicted octanol–water partition coefficient (Wildman–Crippen LogP) is 4.25. The van der Waals surface area contributed by atoms with E-state index >= 15 is 0 Å². The normalized spacial score (nSPS) is 12.3. The highest BCUT2D eigenvalue weighted by Crippen LogP contribution is 2.22. The second-order valence-corrected chi connectivity index (χ2v) is 7.67. The lowest BCUT2D eigenvalue weighted by molar-refractivity contribution is -0.119. The van der Waals surface area contributed by atoms with Gasteiger partial charge in [-0.1, -0.05) is 51.1 Å². The van der Waals surface area contributed by atoms with Gasteiger partial charge >= 0.3 is 0 Å². The van der Waals surface area contributed by atoms with Crippen LogP contribution in [0.5, 0.6) is 0 Å². The lowest BCUT2D eigenvalue weighted by atomic mass is 9.94. The van der Waals surface area contributed by atoms with Crippen molar-refractivity contribution in [3.05, 3.63) is 53.9 Å². The van der Waals surface area contributed by atoms with Crippen LogP contribution in [0.3, 0.4) is 0 Å². The number of hydrogen-bond acceptors (Lipinski definition) is 4. The van der Waals surface area contributed by atoms with Crippen molar-refractivity contribution in [1.29, 1.82) is 0 Å². The number of hydrogen-bond donors (Lipinski definition) is 2. The zero-order valence-corrected chi connectivity index (χ0v) is 16.5. The quantitative estimate of drug-likeness (QED) is 0.613. The molecule has 0 saturated carbocycles. The number of aromatic amines is 1. The van der Waals surface area contributed by atoms with Gasteiger partial charge in [-0.15, -0.1) is 0 Å². The summed E-state index contributed by atoms with van der Waals surface area (Å²) in [6.07, 6.45) is 2.85. The second-order valence-electron chi connectivity index (χ2n) is 7.67. The third kappa shape index (κ3) is 5.03. The van der Waals surface area contributed by atoms with Crippen molar-refractivity contribution in [1.82, 2.24) is 15.2 Å². The summed E-state index contributed by atoms with van der Waals surface area (Å²) in [5.74, 6) is 1.00. The van der Waals surface area contributed by atoms with Gasteiger partial charge in [-0.3, -0.25) is 19.7 Å². The molecular formula is C22H26N4O2. The first-order chi connectivity index (χ1) is 13.4. The first-order valence-electron chi connectivity index (χ1n) is 9.62. The Labute approximate surface area is 164 Å². The fraction of sp³-hybridized carbons (Fsp3) is 0.364. The van der Waals surface area contributed by atoms with Gasteiger partial charge in [0.2, 0.25) is 5.91 Å². The number of fused-ring (bicyclic) bond motifs is 1. The van der Waals surface area contributed by atoms with Crippen molar-refractivity contribution >= 4 is 28.4 Å². The van der Waals surface area contributed by atoms with Crippen LogP contribution in [0, 0.1) is 5.92 Å². The molecule has 2 aromatic heterocycles. The van der Waals surface area contributed by atoms with E-state index in [0.717, 1.165) is 16.5 Å². The van der Waals surface area contributed by atoms with E-state index in [0.29, 0.717) is 24.4 Å². The van der Waals surface area contributed by atoms with E-state index in [4.69, 9.17) is 0 Å². The van der Waals surface area contributed by atoms with Crippen LogP contribution < -0.4 is 5.32 Å². The Bertz CT molecular complexity index is 963. The molecule has 3 aromatic rings. The Hall–Kier alpha value is -3.02. The van der Waals surface area contributed by atoms with Crippen molar-refractivity contribution in [3.63, 3.8) is 0 Å². The molecule has 1 amide bonds. The predicted molar refractivity (Wildman–Crippen MR) is 110 cm³/mol. The van der Waals surface area contributed by atoms with Crippen molar-refractivity contribution in [2.45, 2.75) is 46.0 Å². The molecule has 3 rings (SSSR count). The van der Waals surface area contributed by atoms with Gasteiger partial charge < -0.3 is 5.32 Å². The van der Waals surface area contributed by atoms with Crippen LogP contribution in [0.4, 0.5) is 5.82 Å². The lowest BCUT2D eigenvalue weighted by Gasteiger charge is -2.10. The van der Waals surface area contributed by atoms with Crippen LogP contribution in [-0.2, 0) is 16.0 Å². The number of carbonyl (C=O) groups excluding carboxylic acids is 2. The number of amides is 1. The van der Waals surface area contributed by atoms with Crippen LogP contribution in [-0.4, -0.2) is 26.9 Å². The van der Waals surface area contributed by atoms with Gasteiger partial charge in [-0.25, -0.2) is 0 Å². The third-order valence-corrected chi connectivity index (χ3v) is 4.64. The molecule has 0 fully saturated rings. The zero-order chi connectivity index (χ0) is 20.1. The highest BCUT2D eigenvalue weighted by Gasteiger charge is 2.15. The summed E-state index contributed by atoms with van der Waals surface area (Å²) in [7, 11) is 0. The summed E-state index contributed by atoms with van der Waals surface area (Å²) < 4.78 is 0. The molecule has 6 heteroatoms. The molecule has 146 valence electrons. The number of nitrogens with one attached hydrogen (secondary N) is 2. The van der Waals surface area contributed by atoms with Crippen LogP contribution in [0.15, 0.2) is 42.6 Å². The number of nitrogens with zero attached hydrogens (tertiary/aromatic N) is 2. The average molecular weight is 378 g/mol. The number of carbonyl (C=O) groups is 2. The summed E-state index contributed by atoms with van der Waals surface area (Å²) in [4.78, 5) is 28.8. The van der Waals surface area contributed by atoms with Gasteiger partial charge in [0.15, 0.2) is 5.82 Å². The lowest BCUT2D eigenvalue weighted by Crippen LogP contribution is -2.14. The minimum absolute atomic E-state index is 0.0717. The molecule has 0 unspecified atom stereocenters. The van der Waals surface area contributed by atoms with E-state index in [1.54, 1.807) is 6.20 Å². The number of Topliss-reactive ketones (excluding diaryl/α,β-unsaturated/α-hetero) is 1. The van der Waals surface area contributed by atoms with Crippen LogP contribution in [0.1, 0.15) is 50.8 Å². The van der Waals surface area contributed by atoms with E-state index < -0.39 is 0 Å². The maximum atomic E-state index is 12.5. The molecule has 2 N–H and O–H groups in total. The fourth-order valence-corrected chi connectivity index (χ4v) is 3.22. The van der Waals surface area contributed by atoms with E-state index in [1.807, 2.05) is 50.2 Å². The molecule has 0 aliphatic heterocycles. The average Bonchev–Trinajstić information content (AvgIpc) is 3.03. The first-order valence-corrected chi connectivity index (χ1v) is 9.62. The standard InChI is InChI=1S/C22H26N4O2/c1-14(2)9-21(28)24-22-19-13-23-17(12-20(19)25-26-22)11-18(27)10-15(3)16-7-5-4-6-8-16/h4-8,12-15H,9-11H2,1-3H3,(H2,24,25,26,28)/t15-/m0/s1. The second kappa shape index (κ2) is 8.78. The summed E-state index contributed by atoms with van der Waals surface area (Å²) in [5, 5.41) is 10.6. The van der Waals surface area contributed by atoms with Gasteiger partial charge in [-0.05, 0) is 23.5 Å². The Morgan fingerprint density at radius 1 is 1.11 bits per heavy atom. The highest BCUT2D eigenvalue weighted by molar-refractivity contribution is 5.99. The zero-order valence-electron chi connectivity index (χ0n) is 16.5. The monoisotopic (exact) mass is 378 g/mol. The van der Waals surface area contributed by atoms with Crippen molar-refractivity contribution < 1.29 is 9.59 Å². The van der Waals surface area contributed by atoms with Crippen molar-refractivity contribution in [3.8, 4) is 0 Å². The Balaban J connectivity index is 1.64. The van der Waals surface area contributed by atoms with Gasteiger partial charge in [0, 0.05) is 31.2 Å². The minimum atomic E-state index is -0.0717. The van der Waals surface area contributed by atoms with Gasteiger partial charge in [0.25, 0.3) is 0 Å². The molecule has 1 aromatic carbocycles. The van der Waals surface area contributed by atoms with Crippen LogP contribution in [0.2, 0.25) is 0 Å². The van der Waals surface area contributed by atoms with Crippen LogP contribution in [0.25, 0.3) is 10.9 Å². The van der Waals surface area contributed by atoms with E-state index in [2.05, 4.69) is 27.4 Å². The molecule has 1 atom stereocenters. The Morgan fingerprint density at radius 2 is 1.86 bits per heavy atom. The van der Waals surface area contributed by atoms with E-state index in [1.165, 1.54) is 0 Å². The Morgan fingerprint density at radius 3 is 2.57 bits per heavy atom. The number of pyridine rings is 1. The smallest absolute Gasteiger partial charge is 0.225 e. The number of aromatic nitrogens is 3. The molecule has 28 heavy (non-hydrogen) atoms. The molecule has 0 saturated heterocycles.